The van der Waals surface area contributed by atoms with Crippen LogP contribution in [0.2, 0.25) is 0 Å². The van der Waals surface area contributed by atoms with Gasteiger partial charge in [0, 0.05) is 53.1 Å². The zero-order valence-electron chi connectivity index (χ0n) is 27.6. The molecule has 3 heteroatoms. The molecule has 0 unspecified atom stereocenters. The first kappa shape index (κ1) is 28.4. The maximum atomic E-state index is 2.44. The molecule has 0 saturated heterocycles. The predicted molar refractivity (Wildman–Crippen MR) is 219 cm³/mol. The molecule has 0 aliphatic rings. The Morgan fingerprint density at radius 3 is 1.47 bits per heavy atom. The van der Waals surface area contributed by atoms with Crippen LogP contribution in [0.15, 0.2) is 182 Å². The predicted octanol–water partition coefficient (Wildman–Crippen LogP) is 13.6. The van der Waals surface area contributed by atoms with Gasteiger partial charge in [-0.2, -0.15) is 0 Å². The lowest BCUT2D eigenvalue weighted by Gasteiger charge is -2.12. The molecule has 2 nitrogen and oxygen atoms in total. The normalized spacial score (nSPS) is 11.9. The smallest absolute Gasteiger partial charge is 0.0562 e. The van der Waals surface area contributed by atoms with Crippen LogP contribution < -0.4 is 0 Å². The first-order chi connectivity index (χ1) is 25.3. The van der Waals surface area contributed by atoms with Crippen LogP contribution in [0.5, 0.6) is 0 Å². The Bertz CT molecular complexity index is 3100. The van der Waals surface area contributed by atoms with E-state index in [1.54, 1.807) is 0 Å². The van der Waals surface area contributed by atoms with Gasteiger partial charge in [-0.05, 0) is 82.9 Å². The number of nitrogens with zero attached hydrogens (tertiary/aromatic N) is 2. The van der Waals surface area contributed by atoms with E-state index >= 15 is 0 Å². The Labute approximate surface area is 298 Å². The number of hydrogen-bond acceptors (Lipinski definition) is 1. The van der Waals surface area contributed by atoms with E-state index < -0.39 is 0 Å². The third-order valence-electron chi connectivity index (χ3n) is 10.5. The van der Waals surface area contributed by atoms with Crippen molar-refractivity contribution in [2.45, 2.75) is 0 Å². The Morgan fingerprint density at radius 2 is 0.824 bits per heavy atom. The molecule has 0 bridgehead atoms. The van der Waals surface area contributed by atoms with E-state index in [9.17, 15) is 0 Å². The Morgan fingerprint density at radius 1 is 0.314 bits per heavy atom. The van der Waals surface area contributed by atoms with Crippen LogP contribution in [0.3, 0.4) is 0 Å². The molecule has 0 aliphatic heterocycles. The fourth-order valence-electron chi connectivity index (χ4n) is 8.23. The van der Waals surface area contributed by atoms with E-state index in [4.69, 9.17) is 0 Å². The van der Waals surface area contributed by atoms with Gasteiger partial charge in [0.1, 0.15) is 0 Å². The van der Waals surface area contributed by atoms with Gasteiger partial charge in [0.05, 0.1) is 22.1 Å². The van der Waals surface area contributed by atoms with Gasteiger partial charge in [-0.1, -0.05) is 121 Å². The van der Waals surface area contributed by atoms with E-state index in [0.29, 0.717) is 0 Å². The molecule has 0 radical (unpaired) electrons. The highest BCUT2D eigenvalue weighted by atomic mass is 32.1. The van der Waals surface area contributed by atoms with Gasteiger partial charge < -0.3 is 9.13 Å². The van der Waals surface area contributed by atoms with Crippen molar-refractivity contribution >= 4 is 75.1 Å². The van der Waals surface area contributed by atoms with Crippen molar-refractivity contribution in [3.63, 3.8) is 0 Å². The minimum atomic E-state index is 1.15. The average molecular weight is 667 g/mol. The summed E-state index contributed by atoms with van der Waals surface area (Å²) in [7, 11) is 0. The number of hydrogen-bond donors (Lipinski definition) is 0. The van der Waals surface area contributed by atoms with E-state index in [1.807, 2.05) is 11.3 Å². The highest BCUT2D eigenvalue weighted by molar-refractivity contribution is 7.25. The van der Waals surface area contributed by atoms with Crippen LogP contribution in [-0.4, -0.2) is 9.13 Å². The van der Waals surface area contributed by atoms with Crippen molar-refractivity contribution in [2.24, 2.45) is 0 Å². The first-order valence-corrected chi connectivity index (χ1v) is 18.3. The molecule has 51 heavy (non-hydrogen) atoms. The van der Waals surface area contributed by atoms with Gasteiger partial charge in [0.15, 0.2) is 0 Å². The van der Waals surface area contributed by atoms with E-state index in [2.05, 4.69) is 191 Å². The third-order valence-corrected chi connectivity index (χ3v) is 11.7. The molecule has 0 aliphatic carbocycles. The second kappa shape index (κ2) is 11.0. The number of fused-ring (bicyclic) bond motifs is 9. The number of thiophene rings is 1. The molecule has 0 saturated carbocycles. The summed E-state index contributed by atoms with van der Waals surface area (Å²) in [6, 6.07) is 66.6. The molecule has 11 rings (SSSR count). The summed E-state index contributed by atoms with van der Waals surface area (Å²) in [5, 5.41) is 7.72. The van der Waals surface area contributed by atoms with Crippen LogP contribution >= 0.6 is 11.3 Å². The summed E-state index contributed by atoms with van der Waals surface area (Å²) in [6.45, 7) is 0. The second-order valence-electron chi connectivity index (χ2n) is 13.3. The molecule has 3 aromatic heterocycles. The van der Waals surface area contributed by atoms with Gasteiger partial charge in [0.25, 0.3) is 0 Å². The Kier molecular flexibility index (Phi) is 6.16. The van der Waals surface area contributed by atoms with Crippen molar-refractivity contribution in [3.8, 4) is 33.6 Å². The minimum Gasteiger partial charge on any atom is -0.309 e. The first-order valence-electron chi connectivity index (χ1n) is 17.4. The molecule has 11 aromatic rings. The van der Waals surface area contributed by atoms with Crippen molar-refractivity contribution < 1.29 is 0 Å². The minimum absolute atomic E-state index is 1.15. The van der Waals surface area contributed by atoms with Gasteiger partial charge in [-0.15, -0.1) is 11.3 Å². The van der Waals surface area contributed by atoms with Gasteiger partial charge in [0.2, 0.25) is 0 Å². The molecule has 0 atom stereocenters. The monoisotopic (exact) mass is 666 g/mol. The largest absolute Gasteiger partial charge is 0.309 e. The highest BCUT2D eigenvalue weighted by Crippen LogP contribution is 2.42. The van der Waals surface area contributed by atoms with Crippen LogP contribution in [0.1, 0.15) is 0 Å². The molecule has 0 amide bonds. The number of benzene rings is 8. The SMILES string of the molecule is c1ccc(-c2ccc(-n3c4ccccc4c4cc5c6ccccc6n(-c6ccc(-c7cccc8sc9ccccc9c78)cc6)c5cc43)cc2)cc1. The van der Waals surface area contributed by atoms with Crippen molar-refractivity contribution in [1.82, 2.24) is 9.13 Å². The summed E-state index contributed by atoms with van der Waals surface area (Å²) in [4.78, 5) is 0. The van der Waals surface area contributed by atoms with Crippen LogP contribution in [0, 0.1) is 0 Å². The molecule has 0 N–H and O–H groups in total. The zero-order chi connectivity index (χ0) is 33.5. The van der Waals surface area contributed by atoms with E-state index in [-0.39, 0.29) is 0 Å². The van der Waals surface area contributed by atoms with Crippen LogP contribution in [-0.2, 0) is 0 Å². The molecule has 3 heterocycles. The summed E-state index contributed by atoms with van der Waals surface area (Å²) >= 11 is 1.87. The summed E-state index contributed by atoms with van der Waals surface area (Å²) in [5.41, 5.74) is 12.1. The highest BCUT2D eigenvalue weighted by Gasteiger charge is 2.19. The summed E-state index contributed by atoms with van der Waals surface area (Å²) < 4.78 is 7.53. The fourth-order valence-corrected chi connectivity index (χ4v) is 9.36. The molecule has 8 aromatic carbocycles. The summed E-state index contributed by atoms with van der Waals surface area (Å²) in [5.74, 6) is 0. The maximum absolute atomic E-state index is 2.44. The van der Waals surface area contributed by atoms with Crippen molar-refractivity contribution in [3.05, 3.63) is 182 Å². The lowest BCUT2D eigenvalue weighted by atomic mass is 9.99. The molecule has 0 spiro atoms. The topological polar surface area (TPSA) is 9.86 Å². The van der Waals surface area contributed by atoms with Crippen LogP contribution in [0.4, 0.5) is 0 Å². The van der Waals surface area contributed by atoms with Gasteiger partial charge in [-0.3, -0.25) is 0 Å². The maximum Gasteiger partial charge on any atom is 0.0562 e. The van der Waals surface area contributed by atoms with E-state index in [0.717, 1.165) is 11.4 Å². The Hall–Kier alpha value is -6.42. The molecular weight excluding hydrogens is 637 g/mol. The van der Waals surface area contributed by atoms with Gasteiger partial charge in [-0.25, -0.2) is 0 Å². The average Bonchev–Trinajstić information content (AvgIpc) is 3.85. The Balaban J connectivity index is 1.12. The number of rotatable bonds is 4. The fraction of sp³-hybridized carbons (Fsp3) is 0. The summed E-state index contributed by atoms with van der Waals surface area (Å²) in [6.07, 6.45) is 0. The van der Waals surface area contributed by atoms with Crippen molar-refractivity contribution in [1.29, 1.82) is 0 Å². The van der Waals surface area contributed by atoms with E-state index in [1.165, 1.54) is 86.0 Å². The zero-order valence-corrected chi connectivity index (χ0v) is 28.4. The van der Waals surface area contributed by atoms with Crippen LogP contribution in [0.25, 0.3) is 97.4 Å². The quantitative estimate of drug-likeness (QED) is 0.177. The molecule has 238 valence electrons. The second-order valence-corrected chi connectivity index (χ2v) is 14.4. The standard InChI is InChI=1S/C48H30N2S/c1-2-11-31(12-3-1)32-21-25-34(26-22-32)49-42-17-7-4-13-37(42)40-29-41-38-14-5-8-18-43(38)50(45(41)30-44(40)49)35-27-23-33(24-28-35)36-16-10-20-47-48(36)39-15-6-9-19-46(39)51-47/h1-30H. The molecular formula is C48H30N2S. The van der Waals surface area contributed by atoms with Gasteiger partial charge >= 0.3 is 0 Å². The lowest BCUT2D eigenvalue weighted by Crippen LogP contribution is -1.96. The number of aromatic nitrogens is 2. The number of para-hydroxylation sites is 2. The molecule has 0 fully saturated rings. The lowest BCUT2D eigenvalue weighted by molar-refractivity contribution is 1.16. The van der Waals surface area contributed by atoms with Crippen molar-refractivity contribution in [2.75, 3.05) is 0 Å². The third kappa shape index (κ3) is 4.29.